The minimum absolute atomic E-state index is 0.0754. The zero-order valence-electron chi connectivity index (χ0n) is 41.1. The molecule has 0 aliphatic carbocycles. The molecule has 0 saturated carbocycles. The van der Waals surface area contributed by atoms with Crippen LogP contribution in [0.5, 0.6) is 0 Å². The maximum atomic E-state index is 13.2. The molecule has 3 atom stereocenters. The van der Waals surface area contributed by atoms with Crippen molar-refractivity contribution in [1.82, 2.24) is 5.32 Å². The second kappa shape index (κ2) is 49.4. The van der Waals surface area contributed by atoms with Crippen LogP contribution in [0, 0.1) is 0 Å². The van der Waals surface area contributed by atoms with Crippen LogP contribution in [-0.2, 0) is 14.3 Å². The van der Waals surface area contributed by atoms with Crippen molar-refractivity contribution >= 4 is 11.9 Å². The highest BCUT2D eigenvalue weighted by Gasteiger charge is 2.24. The number of amides is 1. The van der Waals surface area contributed by atoms with Crippen molar-refractivity contribution in [2.24, 2.45) is 0 Å². The number of hydrogen-bond donors (Lipinski definition) is 3. The van der Waals surface area contributed by atoms with Crippen molar-refractivity contribution in [3.05, 3.63) is 24.3 Å². The van der Waals surface area contributed by atoms with E-state index < -0.39 is 18.2 Å². The fraction of sp³-hybridized carbons (Fsp3) is 0.891. The average molecular weight is 860 g/mol. The van der Waals surface area contributed by atoms with Gasteiger partial charge in [-0.2, -0.15) is 0 Å². The lowest BCUT2D eigenvalue weighted by Crippen LogP contribution is -2.46. The molecule has 3 unspecified atom stereocenters. The Labute approximate surface area is 380 Å². The quantitative estimate of drug-likeness (QED) is 0.0322. The van der Waals surface area contributed by atoms with Gasteiger partial charge in [0.2, 0.25) is 5.91 Å². The third-order valence-corrected chi connectivity index (χ3v) is 12.5. The maximum absolute atomic E-state index is 13.2. The molecule has 360 valence electrons. The summed E-state index contributed by atoms with van der Waals surface area (Å²) in [6, 6.07) is -0.700. The zero-order chi connectivity index (χ0) is 44.5. The Morgan fingerprint density at radius 3 is 1.20 bits per heavy atom. The zero-order valence-corrected chi connectivity index (χ0v) is 41.1. The van der Waals surface area contributed by atoms with Gasteiger partial charge in [-0.3, -0.25) is 9.59 Å². The molecule has 0 aliphatic heterocycles. The Balaban J connectivity index is 4.56. The Morgan fingerprint density at radius 1 is 0.459 bits per heavy atom. The maximum Gasteiger partial charge on any atom is 0.306 e. The van der Waals surface area contributed by atoms with Crippen molar-refractivity contribution in [3.8, 4) is 0 Å². The number of carbonyl (C=O) groups excluding carboxylic acids is 2. The molecule has 0 heterocycles. The number of carbonyl (C=O) groups is 2. The second-order valence-electron chi connectivity index (χ2n) is 18.6. The molecule has 6 nitrogen and oxygen atoms in total. The first kappa shape index (κ1) is 59.3. The molecule has 61 heavy (non-hydrogen) atoms. The first-order valence-corrected chi connectivity index (χ1v) is 27.1. The lowest BCUT2D eigenvalue weighted by atomic mass is 10.0. The third-order valence-electron chi connectivity index (χ3n) is 12.5. The molecule has 0 saturated heterocycles. The SMILES string of the molecule is CCCCC/C=C\CCCCCCCC(=O)OC(CCCCCCCCC/C=C/CCCCCCCC)CC(=O)NC(CO)C(O)CCCCCCCCCCCCCCC. The van der Waals surface area contributed by atoms with Gasteiger partial charge in [0.1, 0.15) is 6.10 Å². The predicted molar refractivity (Wildman–Crippen MR) is 264 cm³/mol. The fourth-order valence-corrected chi connectivity index (χ4v) is 8.36. The average Bonchev–Trinajstić information content (AvgIpc) is 3.25. The molecule has 0 aromatic heterocycles. The van der Waals surface area contributed by atoms with Crippen molar-refractivity contribution in [1.29, 1.82) is 0 Å². The number of hydrogen-bond acceptors (Lipinski definition) is 5. The van der Waals surface area contributed by atoms with E-state index in [-0.39, 0.29) is 24.9 Å². The van der Waals surface area contributed by atoms with Gasteiger partial charge in [-0.25, -0.2) is 0 Å². The lowest BCUT2D eigenvalue weighted by molar-refractivity contribution is -0.151. The smallest absolute Gasteiger partial charge is 0.306 e. The van der Waals surface area contributed by atoms with Crippen molar-refractivity contribution in [3.63, 3.8) is 0 Å². The topological polar surface area (TPSA) is 95.9 Å². The van der Waals surface area contributed by atoms with Crippen LogP contribution < -0.4 is 5.32 Å². The van der Waals surface area contributed by atoms with Crippen LogP contribution in [0.15, 0.2) is 24.3 Å². The molecule has 0 radical (unpaired) electrons. The summed E-state index contributed by atoms with van der Waals surface area (Å²) in [4.78, 5) is 26.2. The molecule has 3 N–H and O–H groups in total. The number of ether oxygens (including phenoxy) is 1. The summed E-state index contributed by atoms with van der Waals surface area (Å²) in [5, 5.41) is 23.8. The summed E-state index contributed by atoms with van der Waals surface area (Å²) in [5.74, 6) is -0.475. The summed E-state index contributed by atoms with van der Waals surface area (Å²) >= 11 is 0. The van der Waals surface area contributed by atoms with Gasteiger partial charge in [0, 0.05) is 6.42 Å². The van der Waals surface area contributed by atoms with Gasteiger partial charge in [0.25, 0.3) is 0 Å². The normalized spacial score (nSPS) is 13.3. The van der Waals surface area contributed by atoms with E-state index in [1.54, 1.807) is 0 Å². The monoisotopic (exact) mass is 860 g/mol. The third kappa shape index (κ3) is 44.7. The number of aliphatic hydroxyl groups is 2. The molecule has 0 spiro atoms. The molecule has 0 fully saturated rings. The number of allylic oxidation sites excluding steroid dienone is 4. The number of rotatable bonds is 49. The van der Waals surface area contributed by atoms with Crippen LogP contribution in [0.2, 0.25) is 0 Å². The Morgan fingerprint density at radius 2 is 0.787 bits per heavy atom. The van der Waals surface area contributed by atoms with E-state index in [1.807, 2.05) is 0 Å². The summed E-state index contributed by atoms with van der Waals surface area (Å²) in [7, 11) is 0. The lowest BCUT2D eigenvalue weighted by Gasteiger charge is -2.24. The number of unbranched alkanes of at least 4 members (excludes halogenated alkanes) is 33. The van der Waals surface area contributed by atoms with Gasteiger partial charge in [-0.15, -0.1) is 0 Å². The Bertz CT molecular complexity index is 966. The molecular formula is C55H105NO5. The first-order valence-electron chi connectivity index (χ1n) is 27.1. The number of nitrogens with one attached hydrogen (secondary N) is 1. The molecule has 0 aromatic carbocycles. The van der Waals surface area contributed by atoms with Crippen LogP contribution in [0.3, 0.4) is 0 Å². The highest BCUT2D eigenvalue weighted by molar-refractivity contribution is 5.77. The molecule has 0 aromatic rings. The van der Waals surface area contributed by atoms with E-state index in [2.05, 4.69) is 50.4 Å². The summed E-state index contributed by atoms with van der Waals surface area (Å²) in [6.07, 6.45) is 56.6. The first-order chi connectivity index (χ1) is 30.0. The van der Waals surface area contributed by atoms with Crippen molar-refractivity contribution < 1.29 is 24.5 Å². The molecule has 1 amide bonds. The van der Waals surface area contributed by atoms with Gasteiger partial charge >= 0.3 is 5.97 Å². The standard InChI is InChI=1S/C55H105NO5/c1-4-7-10-13-16-19-22-25-26-27-28-30-31-34-37-40-43-46-51(61-55(60)48-45-42-39-36-33-24-21-18-15-12-9-6-3)49-54(59)56-52(50-57)53(58)47-44-41-38-35-32-29-23-20-17-14-11-8-5-2/h18,21,25-26,51-53,57-58H,4-17,19-20,22-24,27-50H2,1-3H3,(H,56,59)/b21-18-,26-25+. The van der Waals surface area contributed by atoms with Gasteiger partial charge in [-0.1, -0.05) is 225 Å². The van der Waals surface area contributed by atoms with Gasteiger partial charge in [-0.05, 0) is 77.0 Å². The van der Waals surface area contributed by atoms with Crippen LogP contribution in [0.1, 0.15) is 290 Å². The molecule has 6 heteroatoms. The van der Waals surface area contributed by atoms with Crippen molar-refractivity contribution in [2.75, 3.05) is 6.61 Å². The van der Waals surface area contributed by atoms with E-state index in [4.69, 9.17) is 4.74 Å². The van der Waals surface area contributed by atoms with E-state index in [0.29, 0.717) is 19.3 Å². The fourth-order valence-electron chi connectivity index (χ4n) is 8.36. The summed E-state index contributed by atoms with van der Waals surface area (Å²) in [5.41, 5.74) is 0. The minimum atomic E-state index is -0.786. The second-order valence-corrected chi connectivity index (χ2v) is 18.6. The van der Waals surface area contributed by atoms with E-state index in [9.17, 15) is 19.8 Å². The van der Waals surface area contributed by atoms with E-state index in [1.165, 1.54) is 186 Å². The van der Waals surface area contributed by atoms with Crippen LogP contribution in [0.4, 0.5) is 0 Å². The molecule has 0 aliphatic rings. The summed E-state index contributed by atoms with van der Waals surface area (Å²) < 4.78 is 5.94. The van der Waals surface area contributed by atoms with Gasteiger partial charge in [0.15, 0.2) is 0 Å². The highest BCUT2D eigenvalue weighted by Crippen LogP contribution is 2.18. The van der Waals surface area contributed by atoms with Crippen molar-refractivity contribution in [2.45, 2.75) is 309 Å². The van der Waals surface area contributed by atoms with E-state index in [0.717, 1.165) is 57.8 Å². The highest BCUT2D eigenvalue weighted by atomic mass is 16.5. The number of aliphatic hydroxyl groups excluding tert-OH is 2. The van der Waals surface area contributed by atoms with Crippen LogP contribution >= 0.6 is 0 Å². The molecular weight excluding hydrogens is 755 g/mol. The minimum Gasteiger partial charge on any atom is -0.462 e. The largest absolute Gasteiger partial charge is 0.462 e. The Hall–Kier alpha value is -1.66. The molecule has 0 rings (SSSR count). The number of esters is 1. The van der Waals surface area contributed by atoms with Gasteiger partial charge in [0.05, 0.1) is 25.2 Å². The molecule has 0 bridgehead atoms. The van der Waals surface area contributed by atoms with E-state index >= 15 is 0 Å². The van der Waals surface area contributed by atoms with Gasteiger partial charge < -0.3 is 20.3 Å². The summed E-state index contributed by atoms with van der Waals surface area (Å²) in [6.45, 7) is 6.47. The predicted octanol–water partition coefficient (Wildman–Crippen LogP) is 16.3. The van der Waals surface area contributed by atoms with Crippen LogP contribution in [-0.4, -0.2) is 46.9 Å². The Kier molecular flexibility index (Phi) is 48.0. The van der Waals surface area contributed by atoms with Crippen LogP contribution in [0.25, 0.3) is 0 Å².